The third-order valence-corrected chi connectivity index (χ3v) is 4.02. The zero-order valence-electron chi connectivity index (χ0n) is 11.5. The first-order valence-corrected chi connectivity index (χ1v) is 7.52. The van der Waals surface area contributed by atoms with Crippen molar-refractivity contribution in [1.29, 1.82) is 0 Å². The molecule has 0 radical (unpaired) electrons. The molecule has 0 saturated heterocycles. The lowest BCUT2D eigenvalue weighted by atomic mass is 10.0. The van der Waals surface area contributed by atoms with Gasteiger partial charge in [-0.15, -0.1) is 0 Å². The highest BCUT2D eigenvalue weighted by Gasteiger charge is 2.25. The van der Waals surface area contributed by atoms with Crippen molar-refractivity contribution >= 4 is 10.0 Å². The zero-order chi connectivity index (χ0) is 14.5. The van der Waals surface area contributed by atoms with Crippen LogP contribution in [0.4, 0.5) is 0 Å². The van der Waals surface area contributed by atoms with Gasteiger partial charge in [0.25, 0.3) is 10.0 Å². The summed E-state index contributed by atoms with van der Waals surface area (Å²) >= 11 is 0. The normalized spacial score (nSPS) is 15.4. The van der Waals surface area contributed by atoms with Gasteiger partial charge in [-0.2, -0.15) is 0 Å². The molecule has 0 bridgehead atoms. The monoisotopic (exact) mass is 291 g/mol. The fraction of sp³-hybridized carbons (Fsp3) is 0.727. The fourth-order valence-corrected chi connectivity index (χ4v) is 2.49. The Balaban J connectivity index is 2.65. The predicted octanol–water partition coefficient (Wildman–Crippen LogP) is -0.0312. The van der Waals surface area contributed by atoms with Crippen molar-refractivity contribution in [2.45, 2.75) is 37.4 Å². The molecule has 1 rings (SSSR count). The summed E-state index contributed by atoms with van der Waals surface area (Å²) in [6, 6.07) is 0. The van der Waals surface area contributed by atoms with Crippen LogP contribution in [0.15, 0.2) is 17.6 Å². The minimum Gasteiger partial charge on any atom is -0.389 e. The molecule has 0 aliphatic heterocycles. The summed E-state index contributed by atoms with van der Waals surface area (Å²) in [5.74, 6) is 0. The number of aromatic nitrogens is 2. The molecule has 19 heavy (non-hydrogen) atoms. The Hall–Kier alpha value is -0.960. The minimum atomic E-state index is -3.69. The SMILES string of the molecule is CCn1cnc(S(=O)(=O)NCC(C)(O)CCOC)c1. The molecular weight excluding hydrogens is 270 g/mol. The Kier molecular flexibility index (Phi) is 5.48. The molecule has 8 heteroatoms. The van der Waals surface area contributed by atoms with Gasteiger partial charge in [0, 0.05) is 39.4 Å². The molecule has 0 aliphatic carbocycles. The first-order valence-electron chi connectivity index (χ1n) is 6.03. The van der Waals surface area contributed by atoms with Crippen LogP contribution in [0.25, 0.3) is 0 Å². The van der Waals surface area contributed by atoms with E-state index in [1.807, 2.05) is 6.92 Å². The number of imidazole rings is 1. The van der Waals surface area contributed by atoms with Crippen molar-refractivity contribution in [2.75, 3.05) is 20.3 Å². The van der Waals surface area contributed by atoms with Crippen molar-refractivity contribution < 1.29 is 18.3 Å². The number of sulfonamides is 1. The highest BCUT2D eigenvalue weighted by Crippen LogP contribution is 2.10. The molecule has 0 fully saturated rings. The van der Waals surface area contributed by atoms with Gasteiger partial charge in [0.15, 0.2) is 5.03 Å². The molecule has 2 N–H and O–H groups in total. The molecular formula is C11H21N3O4S. The highest BCUT2D eigenvalue weighted by molar-refractivity contribution is 7.89. The van der Waals surface area contributed by atoms with E-state index in [1.54, 1.807) is 11.5 Å². The number of rotatable bonds is 8. The molecule has 1 atom stereocenters. The lowest BCUT2D eigenvalue weighted by molar-refractivity contribution is 0.0292. The number of nitrogens with one attached hydrogen (secondary N) is 1. The molecule has 1 heterocycles. The molecule has 0 aromatic carbocycles. The third-order valence-electron chi connectivity index (χ3n) is 2.74. The number of ether oxygens (including phenoxy) is 1. The Morgan fingerprint density at radius 2 is 2.26 bits per heavy atom. The second-order valence-electron chi connectivity index (χ2n) is 4.61. The number of aliphatic hydroxyl groups is 1. The van der Waals surface area contributed by atoms with E-state index in [0.29, 0.717) is 19.6 Å². The number of hydrogen-bond donors (Lipinski definition) is 2. The molecule has 7 nitrogen and oxygen atoms in total. The smallest absolute Gasteiger partial charge is 0.259 e. The van der Waals surface area contributed by atoms with Crippen LogP contribution in [0.2, 0.25) is 0 Å². The van der Waals surface area contributed by atoms with Gasteiger partial charge in [-0.3, -0.25) is 0 Å². The summed E-state index contributed by atoms with van der Waals surface area (Å²) in [4.78, 5) is 3.83. The third kappa shape index (κ3) is 4.90. The van der Waals surface area contributed by atoms with E-state index in [9.17, 15) is 13.5 Å². The lowest BCUT2D eigenvalue weighted by Gasteiger charge is -2.22. The Morgan fingerprint density at radius 1 is 1.58 bits per heavy atom. The van der Waals surface area contributed by atoms with E-state index in [-0.39, 0.29) is 11.6 Å². The molecule has 1 aromatic rings. The van der Waals surface area contributed by atoms with Crippen molar-refractivity contribution in [1.82, 2.24) is 14.3 Å². The fourth-order valence-electron chi connectivity index (χ4n) is 1.39. The van der Waals surface area contributed by atoms with Gasteiger partial charge in [-0.05, 0) is 13.8 Å². The van der Waals surface area contributed by atoms with Crippen LogP contribution in [0.1, 0.15) is 20.3 Å². The number of methoxy groups -OCH3 is 1. The summed E-state index contributed by atoms with van der Waals surface area (Å²) in [5.41, 5.74) is -1.16. The van der Waals surface area contributed by atoms with E-state index < -0.39 is 15.6 Å². The average molecular weight is 291 g/mol. The lowest BCUT2D eigenvalue weighted by Crippen LogP contribution is -2.41. The van der Waals surface area contributed by atoms with E-state index in [2.05, 4.69) is 9.71 Å². The molecule has 1 unspecified atom stereocenters. The Bertz CT molecular complexity index is 496. The van der Waals surface area contributed by atoms with Crippen LogP contribution in [0, 0.1) is 0 Å². The van der Waals surface area contributed by atoms with Gasteiger partial charge >= 0.3 is 0 Å². The van der Waals surface area contributed by atoms with Crippen LogP contribution in [0.3, 0.4) is 0 Å². The van der Waals surface area contributed by atoms with Crippen molar-refractivity contribution in [3.8, 4) is 0 Å². The Labute approximate surface area is 113 Å². The maximum absolute atomic E-state index is 12.0. The van der Waals surface area contributed by atoms with E-state index in [1.165, 1.54) is 19.6 Å². The first kappa shape index (κ1) is 16.1. The summed E-state index contributed by atoms with van der Waals surface area (Å²) in [5, 5.41) is 9.93. The van der Waals surface area contributed by atoms with Crippen LogP contribution < -0.4 is 4.72 Å². The molecule has 1 aromatic heterocycles. The maximum atomic E-state index is 12.0. The zero-order valence-corrected chi connectivity index (χ0v) is 12.3. The number of aryl methyl sites for hydroxylation is 1. The number of nitrogens with zero attached hydrogens (tertiary/aromatic N) is 2. The van der Waals surface area contributed by atoms with Crippen molar-refractivity contribution in [3.05, 3.63) is 12.5 Å². The largest absolute Gasteiger partial charge is 0.389 e. The summed E-state index contributed by atoms with van der Waals surface area (Å²) in [6.45, 7) is 4.37. The molecule has 110 valence electrons. The predicted molar refractivity (Wildman–Crippen MR) is 70.2 cm³/mol. The van der Waals surface area contributed by atoms with Crippen LogP contribution >= 0.6 is 0 Å². The van der Waals surface area contributed by atoms with Crippen molar-refractivity contribution in [3.63, 3.8) is 0 Å². The van der Waals surface area contributed by atoms with Crippen LogP contribution in [0.5, 0.6) is 0 Å². The van der Waals surface area contributed by atoms with Gasteiger partial charge in [0.05, 0.1) is 11.9 Å². The molecule has 0 saturated carbocycles. The maximum Gasteiger partial charge on any atom is 0.259 e. The van der Waals surface area contributed by atoms with Gasteiger partial charge in [0.2, 0.25) is 0 Å². The average Bonchev–Trinajstić information content (AvgIpc) is 2.84. The standard InChI is InChI=1S/C11H21N3O4S/c1-4-14-7-10(12-9-14)19(16,17)13-8-11(2,15)5-6-18-3/h7,9,13,15H,4-6,8H2,1-3H3. The summed E-state index contributed by atoms with van der Waals surface area (Å²) in [6.07, 6.45) is 3.25. The highest BCUT2D eigenvalue weighted by atomic mass is 32.2. The molecule has 0 amide bonds. The van der Waals surface area contributed by atoms with Crippen LogP contribution in [-0.4, -0.2) is 48.9 Å². The van der Waals surface area contributed by atoms with Crippen molar-refractivity contribution in [2.24, 2.45) is 0 Å². The van der Waals surface area contributed by atoms with E-state index >= 15 is 0 Å². The Morgan fingerprint density at radius 3 is 2.79 bits per heavy atom. The number of hydrogen-bond acceptors (Lipinski definition) is 5. The summed E-state index contributed by atoms with van der Waals surface area (Å²) in [7, 11) is -2.17. The van der Waals surface area contributed by atoms with E-state index in [4.69, 9.17) is 4.74 Å². The topological polar surface area (TPSA) is 93.5 Å². The second kappa shape index (κ2) is 6.47. The van der Waals surface area contributed by atoms with Gasteiger partial charge in [0.1, 0.15) is 0 Å². The first-order chi connectivity index (χ1) is 8.80. The van der Waals surface area contributed by atoms with E-state index in [0.717, 1.165) is 0 Å². The second-order valence-corrected chi connectivity index (χ2v) is 6.32. The summed E-state index contributed by atoms with van der Waals surface area (Å²) < 4.78 is 32.8. The van der Waals surface area contributed by atoms with Crippen LogP contribution in [-0.2, 0) is 21.3 Å². The quantitative estimate of drug-likeness (QED) is 0.701. The minimum absolute atomic E-state index is 0.0445. The molecule has 0 aliphatic rings. The van der Waals surface area contributed by atoms with Gasteiger partial charge in [-0.25, -0.2) is 18.1 Å². The molecule has 0 spiro atoms. The van der Waals surface area contributed by atoms with Gasteiger partial charge in [-0.1, -0.05) is 0 Å². The van der Waals surface area contributed by atoms with Gasteiger partial charge < -0.3 is 14.4 Å².